The second kappa shape index (κ2) is 6.22. The summed E-state index contributed by atoms with van der Waals surface area (Å²) in [7, 11) is 0. The number of ether oxygens (including phenoxy) is 1. The van der Waals surface area contributed by atoms with E-state index in [0.29, 0.717) is 6.67 Å². The standard InChI is InChI=1S/C15H22N4O6S/c1-14(2,3)25-13(24)18-15(12(22)23)4-7(26-19-5-16-17-6-19)8-9(10(8)15)11(20)21/h5,7-10,17H,4,6H2,1-3H3,(H,18,24)(H,20,21)(H,22,23). The predicted octanol–water partition coefficient (Wildman–Crippen LogP) is 0.508. The van der Waals surface area contributed by atoms with Crippen LogP contribution >= 0.6 is 11.9 Å². The van der Waals surface area contributed by atoms with Gasteiger partial charge in [-0.05, 0) is 45.1 Å². The number of carboxylic acid groups (broad SMARTS) is 2. The van der Waals surface area contributed by atoms with Crippen LogP contribution in [0.3, 0.4) is 0 Å². The number of hydrazone groups is 1. The van der Waals surface area contributed by atoms with Crippen molar-refractivity contribution in [3.63, 3.8) is 0 Å². The largest absolute Gasteiger partial charge is 0.481 e. The first-order chi connectivity index (χ1) is 12.0. The SMILES string of the molecule is CC(C)(C)OC(=O)NC1(C(=O)O)CC(SN2C=NNC2)C2C(C(=O)O)C21. The number of amides is 1. The number of hydrogen-bond acceptors (Lipinski definition) is 8. The summed E-state index contributed by atoms with van der Waals surface area (Å²) in [6.45, 7) is 5.48. The molecule has 11 heteroatoms. The molecule has 1 amide bonds. The molecule has 10 nitrogen and oxygen atoms in total. The predicted molar refractivity (Wildman–Crippen MR) is 92.2 cm³/mol. The van der Waals surface area contributed by atoms with Crippen LogP contribution in [-0.2, 0) is 14.3 Å². The van der Waals surface area contributed by atoms with Crippen LogP contribution in [0, 0.1) is 17.8 Å². The Bertz CT molecular complexity index is 665. The minimum Gasteiger partial charge on any atom is -0.481 e. The highest BCUT2D eigenvalue weighted by Gasteiger charge is 2.76. The molecular weight excluding hydrogens is 364 g/mol. The Balaban J connectivity index is 1.82. The lowest BCUT2D eigenvalue weighted by molar-refractivity contribution is -0.147. The minimum absolute atomic E-state index is 0.121. The quantitative estimate of drug-likeness (QED) is 0.497. The molecule has 0 aromatic rings. The number of carboxylic acids is 2. The number of fused-ring (bicyclic) bond motifs is 1. The summed E-state index contributed by atoms with van der Waals surface area (Å²) in [5.74, 6) is -4.10. The molecule has 26 heavy (non-hydrogen) atoms. The summed E-state index contributed by atoms with van der Waals surface area (Å²) in [5, 5.41) is 25.4. The average molecular weight is 386 g/mol. The molecule has 0 aromatic carbocycles. The van der Waals surface area contributed by atoms with Crippen molar-refractivity contribution in [1.29, 1.82) is 0 Å². The highest BCUT2D eigenvalue weighted by atomic mass is 32.2. The third-order valence-corrected chi connectivity index (χ3v) is 6.01. The maximum atomic E-state index is 12.2. The molecule has 144 valence electrons. The lowest BCUT2D eigenvalue weighted by atomic mass is 9.90. The van der Waals surface area contributed by atoms with Crippen molar-refractivity contribution in [3.05, 3.63) is 0 Å². The summed E-state index contributed by atoms with van der Waals surface area (Å²) in [4.78, 5) is 35.9. The van der Waals surface area contributed by atoms with Gasteiger partial charge in [-0.2, -0.15) is 5.10 Å². The highest BCUT2D eigenvalue weighted by Crippen LogP contribution is 2.65. The zero-order valence-corrected chi connectivity index (χ0v) is 15.4. The van der Waals surface area contributed by atoms with Crippen LogP contribution < -0.4 is 10.7 Å². The van der Waals surface area contributed by atoms with Crippen molar-refractivity contribution in [2.24, 2.45) is 22.9 Å². The third-order valence-electron chi connectivity index (χ3n) is 4.76. The van der Waals surface area contributed by atoms with Gasteiger partial charge in [0.05, 0.1) is 5.92 Å². The number of nitrogens with zero attached hydrogens (tertiary/aromatic N) is 2. The van der Waals surface area contributed by atoms with Gasteiger partial charge in [0, 0.05) is 11.2 Å². The molecule has 0 spiro atoms. The van der Waals surface area contributed by atoms with Crippen molar-refractivity contribution in [3.8, 4) is 0 Å². The lowest BCUT2D eigenvalue weighted by Crippen LogP contribution is -2.57. The van der Waals surface area contributed by atoms with Crippen LogP contribution in [0.5, 0.6) is 0 Å². The molecule has 3 rings (SSSR count). The molecule has 5 unspecified atom stereocenters. The second-order valence-electron chi connectivity index (χ2n) is 7.70. The van der Waals surface area contributed by atoms with Gasteiger partial charge in [-0.15, -0.1) is 0 Å². The molecule has 1 heterocycles. The van der Waals surface area contributed by atoms with Gasteiger partial charge < -0.3 is 20.3 Å². The van der Waals surface area contributed by atoms with E-state index in [4.69, 9.17) is 4.74 Å². The van der Waals surface area contributed by atoms with Crippen LogP contribution in [0.4, 0.5) is 4.79 Å². The van der Waals surface area contributed by atoms with Gasteiger partial charge in [0.2, 0.25) is 0 Å². The number of rotatable bonds is 5. The van der Waals surface area contributed by atoms with Crippen molar-refractivity contribution in [2.45, 2.75) is 43.6 Å². The van der Waals surface area contributed by atoms with E-state index >= 15 is 0 Å². The van der Waals surface area contributed by atoms with E-state index in [0.717, 1.165) is 0 Å². The fourth-order valence-electron chi connectivity index (χ4n) is 3.85. The topological polar surface area (TPSA) is 141 Å². The maximum Gasteiger partial charge on any atom is 0.408 e. The summed E-state index contributed by atoms with van der Waals surface area (Å²) in [6.07, 6.45) is 0.833. The molecule has 0 saturated heterocycles. The fraction of sp³-hybridized carbons (Fsp3) is 0.733. The summed E-state index contributed by atoms with van der Waals surface area (Å²) < 4.78 is 6.98. The monoisotopic (exact) mass is 386 g/mol. The Morgan fingerprint density at radius 3 is 2.58 bits per heavy atom. The third kappa shape index (κ3) is 3.27. The Morgan fingerprint density at radius 1 is 1.38 bits per heavy atom. The molecule has 0 bridgehead atoms. The second-order valence-corrected chi connectivity index (χ2v) is 8.98. The first-order valence-electron chi connectivity index (χ1n) is 8.22. The van der Waals surface area contributed by atoms with Crippen LogP contribution in [0.25, 0.3) is 0 Å². The molecule has 2 aliphatic carbocycles. The zero-order valence-electron chi connectivity index (χ0n) is 14.6. The first kappa shape index (κ1) is 18.6. The molecule has 2 fully saturated rings. The van der Waals surface area contributed by atoms with Gasteiger partial charge >= 0.3 is 18.0 Å². The smallest absolute Gasteiger partial charge is 0.408 e. The van der Waals surface area contributed by atoms with Gasteiger partial charge in [-0.25, -0.2) is 9.59 Å². The number of alkyl carbamates (subject to hydrolysis) is 1. The van der Waals surface area contributed by atoms with Crippen LogP contribution in [0.15, 0.2) is 5.10 Å². The van der Waals surface area contributed by atoms with Crippen molar-refractivity contribution >= 4 is 36.3 Å². The normalized spacial score (nSPS) is 34.8. The van der Waals surface area contributed by atoms with Crippen molar-refractivity contribution in [1.82, 2.24) is 15.0 Å². The summed E-state index contributed by atoms with van der Waals surface area (Å²) in [5.41, 5.74) is 0.319. The summed E-state index contributed by atoms with van der Waals surface area (Å²) in [6, 6.07) is 0. The Kier molecular flexibility index (Phi) is 4.45. The molecule has 3 aliphatic rings. The number of hydrogen-bond donors (Lipinski definition) is 4. The Morgan fingerprint density at radius 2 is 2.08 bits per heavy atom. The van der Waals surface area contributed by atoms with Crippen LogP contribution in [-0.4, -0.2) is 61.9 Å². The molecular formula is C15H22N4O6S. The fourth-order valence-corrected chi connectivity index (χ4v) is 5.24. The first-order valence-corrected chi connectivity index (χ1v) is 9.05. The molecule has 0 radical (unpaired) electrons. The Hall–Kier alpha value is -2.17. The number of nitrogens with one attached hydrogen (secondary N) is 2. The van der Waals surface area contributed by atoms with Crippen LogP contribution in [0.1, 0.15) is 27.2 Å². The van der Waals surface area contributed by atoms with Crippen molar-refractivity contribution < 1.29 is 29.3 Å². The van der Waals surface area contributed by atoms with E-state index in [1.807, 2.05) is 0 Å². The maximum absolute atomic E-state index is 12.2. The minimum atomic E-state index is -1.65. The zero-order chi connectivity index (χ0) is 19.3. The highest BCUT2D eigenvalue weighted by molar-refractivity contribution is 7.98. The van der Waals surface area contributed by atoms with Crippen molar-refractivity contribution in [2.75, 3.05) is 6.67 Å². The molecule has 2 saturated carbocycles. The van der Waals surface area contributed by atoms with Gasteiger partial charge in [-0.1, -0.05) is 0 Å². The van der Waals surface area contributed by atoms with E-state index in [2.05, 4.69) is 15.8 Å². The van der Waals surface area contributed by atoms with Gasteiger partial charge in [-0.3, -0.25) is 14.5 Å². The number of carbonyl (C=O) groups excluding carboxylic acids is 1. The number of aliphatic carboxylic acids is 2. The van der Waals surface area contributed by atoms with Gasteiger partial charge in [0.25, 0.3) is 0 Å². The number of carbonyl (C=O) groups is 3. The lowest BCUT2D eigenvalue weighted by Gasteiger charge is -2.31. The van der Waals surface area contributed by atoms with E-state index in [1.165, 1.54) is 11.9 Å². The average Bonchev–Trinajstić information content (AvgIpc) is 2.89. The molecule has 4 N–H and O–H groups in total. The van der Waals surface area contributed by atoms with E-state index in [1.54, 1.807) is 31.4 Å². The molecule has 1 aliphatic heterocycles. The Labute approximate surface area is 154 Å². The van der Waals surface area contributed by atoms with E-state index in [9.17, 15) is 24.6 Å². The summed E-state index contributed by atoms with van der Waals surface area (Å²) >= 11 is 1.35. The molecule has 0 aromatic heterocycles. The van der Waals surface area contributed by atoms with Gasteiger partial charge in [0.15, 0.2) is 0 Å². The van der Waals surface area contributed by atoms with Gasteiger partial charge in [0.1, 0.15) is 24.1 Å². The molecule has 5 atom stereocenters. The van der Waals surface area contributed by atoms with E-state index in [-0.39, 0.29) is 17.6 Å². The van der Waals surface area contributed by atoms with E-state index < -0.39 is 41.0 Å². The van der Waals surface area contributed by atoms with Crippen LogP contribution in [0.2, 0.25) is 0 Å².